The van der Waals surface area contributed by atoms with Crippen LogP contribution in [0.2, 0.25) is 10.0 Å². The fourth-order valence-corrected chi connectivity index (χ4v) is 5.70. The van der Waals surface area contributed by atoms with Crippen molar-refractivity contribution in [3.05, 3.63) is 40.1 Å². The molecule has 0 radical (unpaired) electrons. The second-order valence-corrected chi connectivity index (χ2v) is 9.92. The lowest BCUT2D eigenvalue weighted by atomic mass is 10.2. The number of amides is 1. The van der Waals surface area contributed by atoms with Gasteiger partial charge < -0.3 is 4.98 Å². The van der Waals surface area contributed by atoms with E-state index in [1.54, 1.807) is 18.2 Å². The van der Waals surface area contributed by atoms with Crippen LogP contribution in [0.4, 0.5) is 5.95 Å². The molecule has 3 rings (SSSR count). The summed E-state index contributed by atoms with van der Waals surface area (Å²) in [6, 6.07) is 4.76. The first-order valence-corrected chi connectivity index (χ1v) is 10.8. The van der Waals surface area contributed by atoms with Crippen LogP contribution in [0.3, 0.4) is 0 Å². The van der Waals surface area contributed by atoms with Crippen LogP contribution in [0.25, 0.3) is 11.2 Å². The van der Waals surface area contributed by atoms with Gasteiger partial charge in [0.05, 0.1) is 12.1 Å². The van der Waals surface area contributed by atoms with Gasteiger partial charge >= 0.3 is 0 Å². The van der Waals surface area contributed by atoms with Crippen LogP contribution in [0, 0.1) is 0 Å². The van der Waals surface area contributed by atoms with E-state index in [1.807, 2.05) is 0 Å². The smallest absolute Gasteiger partial charge is 0.232 e. The van der Waals surface area contributed by atoms with Crippen LogP contribution >= 0.6 is 34.0 Å². The Morgan fingerprint density at radius 1 is 1.27 bits per heavy atom. The molecule has 0 spiro atoms. The number of imidazole rings is 1. The lowest BCUT2D eigenvalue weighted by Crippen LogP contribution is -2.10. The number of nitrogens with one attached hydrogen (secondary N) is 2. The summed E-state index contributed by atoms with van der Waals surface area (Å²) in [7, 11) is -3.24. The number of aromatic amines is 1. The molecule has 0 aliphatic rings. The fraction of sp³-hybridized carbons (Fsp3) is 0.143. The van der Waals surface area contributed by atoms with E-state index in [0.29, 0.717) is 21.9 Å². The van der Waals surface area contributed by atoms with Crippen LogP contribution in [0.15, 0.2) is 29.6 Å². The van der Waals surface area contributed by atoms with Crippen molar-refractivity contribution >= 4 is 65.9 Å². The van der Waals surface area contributed by atoms with Gasteiger partial charge in [-0.05, 0) is 12.1 Å². The van der Waals surface area contributed by atoms with E-state index in [0.717, 1.165) is 0 Å². The first-order valence-electron chi connectivity index (χ1n) is 7.09. The number of hydrogen-bond acceptors (Lipinski definition) is 7. The van der Waals surface area contributed by atoms with Gasteiger partial charge in [0.1, 0.15) is 10.5 Å². The average molecular weight is 432 g/mol. The molecule has 0 saturated heterocycles. The van der Waals surface area contributed by atoms with Crippen LogP contribution in [-0.4, -0.2) is 34.3 Å². The number of anilines is 1. The van der Waals surface area contributed by atoms with E-state index in [1.165, 1.54) is 13.3 Å². The van der Waals surface area contributed by atoms with Crippen molar-refractivity contribution in [1.82, 2.24) is 19.9 Å². The minimum absolute atomic E-state index is 0.0365. The summed E-state index contributed by atoms with van der Waals surface area (Å²) in [6.45, 7) is 1.29. The minimum Gasteiger partial charge on any atom is -0.341 e. The Morgan fingerprint density at radius 3 is 2.62 bits per heavy atom. The van der Waals surface area contributed by atoms with E-state index < -0.39 is 8.87 Å². The van der Waals surface area contributed by atoms with E-state index >= 15 is 0 Å². The lowest BCUT2D eigenvalue weighted by Gasteiger charge is -2.08. The van der Waals surface area contributed by atoms with E-state index in [2.05, 4.69) is 25.3 Å². The van der Waals surface area contributed by atoms with Crippen LogP contribution in [0.1, 0.15) is 12.5 Å². The van der Waals surface area contributed by atoms with Crippen molar-refractivity contribution < 1.29 is 13.2 Å². The maximum Gasteiger partial charge on any atom is 0.232 e. The van der Waals surface area contributed by atoms with E-state index in [9.17, 15) is 13.2 Å². The Hall–Kier alpha value is -1.88. The molecule has 0 unspecified atom stereocenters. The molecule has 3 aromatic rings. The molecule has 0 aliphatic carbocycles. The minimum atomic E-state index is -3.75. The monoisotopic (exact) mass is 431 g/mol. The number of rotatable bonds is 5. The van der Waals surface area contributed by atoms with Crippen molar-refractivity contribution in [3.8, 4) is 0 Å². The molecule has 136 valence electrons. The highest BCUT2D eigenvalue weighted by molar-refractivity contribution is 8.71. The van der Waals surface area contributed by atoms with E-state index in [4.69, 9.17) is 23.2 Å². The standard InChI is InChI=1S/C14H11Cl2N5O3S2/c1-7(22)19-14-20-12-11(17-6-18-12)13(21-14)25-26(23,24)5-8-9(15)3-2-4-10(8)16/h2-4,6H,5H2,1H3,(H2,17,18,19,20,21,22). The highest BCUT2D eigenvalue weighted by Gasteiger charge is 2.22. The molecule has 0 aliphatic heterocycles. The molecule has 0 saturated carbocycles. The Balaban J connectivity index is 1.96. The second kappa shape index (κ2) is 7.39. The number of fused-ring (bicyclic) bond motifs is 1. The molecule has 2 N–H and O–H groups in total. The SMILES string of the molecule is CC(=O)Nc1nc(SS(=O)(=O)Cc2c(Cl)cccc2Cl)c2[nH]cnc2n1. The number of hydrogen-bond donors (Lipinski definition) is 2. The molecular formula is C14H11Cl2N5O3S2. The average Bonchev–Trinajstić information content (AvgIpc) is 2.99. The Morgan fingerprint density at radius 2 is 1.96 bits per heavy atom. The fourth-order valence-electron chi connectivity index (χ4n) is 2.08. The Labute approximate surface area is 162 Å². The maximum atomic E-state index is 12.6. The van der Waals surface area contributed by atoms with Crippen LogP contribution in [0.5, 0.6) is 0 Å². The summed E-state index contributed by atoms with van der Waals surface area (Å²) >= 11 is 12.1. The largest absolute Gasteiger partial charge is 0.341 e. The predicted octanol–water partition coefficient (Wildman–Crippen LogP) is 3.24. The molecule has 26 heavy (non-hydrogen) atoms. The third-order valence-electron chi connectivity index (χ3n) is 3.13. The number of aromatic nitrogens is 4. The molecule has 2 aromatic heterocycles. The molecule has 0 atom stereocenters. The zero-order valence-electron chi connectivity index (χ0n) is 13.2. The van der Waals surface area contributed by atoms with Gasteiger partial charge in [0.2, 0.25) is 20.7 Å². The first-order chi connectivity index (χ1) is 12.2. The predicted molar refractivity (Wildman–Crippen MR) is 101 cm³/mol. The van der Waals surface area contributed by atoms with E-state index in [-0.39, 0.29) is 38.3 Å². The number of carbonyl (C=O) groups is 1. The first kappa shape index (κ1) is 18.9. The van der Waals surface area contributed by atoms with Crippen molar-refractivity contribution in [2.24, 2.45) is 0 Å². The normalized spacial score (nSPS) is 11.7. The molecule has 1 aromatic carbocycles. The molecular weight excluding hydrogens is 421 g/mol. The number of carbonyl (C=O) groups excluding carboxylic acids is 1. The third-order valence-corrected chi connectivity index (χ3v) is 6.78. The van der Waals surface area contributed by atoms with Crippen LogP contribution < -0.4 is 5.32 Å². The van der Waals surface area contributed by atoms with Gasteiger partial charge in [-0.25, -0.2) is 18.4 Å². The number of H-pyrrole nitrogens is 1. The topological polar surface area (TPSA) is 118 Å². The van der Waals surface area contributed by atoms with Crippen molar-refractivity contribution in [1.29, 1.82) is 0 Å². The number of halogens is 2. The summed E-state index contributed by atoms with van der Waals surface area (Å²) in [5.41, 5.74) is 0.885. The maximum absolute atomic E-state index is 12.6. The van der Waals surface area contributed by atoms with Gasteiger partial charge in [0.15, 0.2) is 5.65 Å². The summed E-state index contributed by atoms with van der Waals surface area (Å²) in [6.07, 6.45) is 1.36. The number of nitrogens with zero attached hydrogens (tertiary/aromatic N) is 3. The van der Waals surface area contributed by atoms with Gasteiger partial charge in [-0.15, -0.1) is 0 Å². The molecule has 1 amide bonds. The molecule has 2 heterocycles. The van der Waals surface area contributed by atoms with Crippen molar-refractivity contribution in [3.63, 3.8) is 0 Å². The molecule has 8 nitrogen and oxygen atoms in total. The van der Waals surface area contributed by atoms with Crippen molar-refractivity contribution in [2.45, 2.75) is 17.7 Å². The molecule has 12 heteroatoms. The lowest BCUT2D eigenvalue weighted by molar-refractivity contribution is -0.114. The Bertz CT molecular complexity index is 1080. The van der Waals surface area contributed by atoms with Crippen molar-refractivity contribution in [2.75, 3.05) is 5.32 Å². The van der Waals surface area contributed by atoms with Gasteiger partial charge in [0, 0.05) is 33.3 Å². The second-order valence-electron chi connectivity index (χ2n) is 5.12. The third kappa shape index (κ3) is 4.26. The summed E-state index contributed by atoms with van der Waals surface area (Å²) < 4.78 is 25.3. The van der Waals surface area contributed by atoms with Gasteiger partial charge in [0.25, 0.3) is 0 Å². The van der Waals surface area contributed by atoms with Gasteiger partial charge in [-0.2, -0.15) is 4.98 Å². The summed E-state index contributed by atoms with van der Waals surface area (Å²) in [4.78, 5) is 26.1. The quantitative estimate of drug-likeness (QED) is 0.469. The van der Waals surface area contributed by atoms with Crippen LogP contribution in [-0.2, 0) is 19.4 Å². The summed E-state index contributed by atoms with van der Waals surface area (Å²) in [5, 5.41) is 3.04. The number of benzene rings is 1. The zero-order chi connectivity index (χ0) is 18.9. The van der Waals surface area contributed by atoms with Gasteiger partial charge in [-0.1, -0.05) is 29.3 Å². The highest BCUT2D eigenvalue weighted by atomic mass is 35.5. The highest BCUT2D eigenvalue weighted by Crippen LogP contribution is 2.34. The zero-order valence-corrected chi connectivity index (χ0v) is 16.3. The Kier molecular flexibility index (Phi) is 5.37. The molecule has 0 fully saturated rings. The summed E-state index contributed by atoms with van der Waals surface area (Å²) in [5.74, 6) is -0.808. The van der Waals surface area contributed by atoms with Gasteiger partial charge in [-0.3, -0.25) is 10.1 Å². The molecule has 0 bridgehead atoms.